The molecule has 0 aliphatic heterocycles. The molecule has 42 heavy (non-hydrogen) atoms. The molecule has 0 bridgehead atoms. The molecule has 0 atom stereocenters. The molecule has 0 saturated heterocycles. The Morgan fingerprint density at radius 2 is 1.12 bits per heavy atom. The number of hydrogen-bond donors (Lipinski definition) is 8. The van der Waals surface area contributed by atoms with Crippen LogP contribution >= 0.6 is 22.7 Å². The van der Waals surface area contributed by atoms with Crippen molar-refractivity contribution in [3.05, 3.63) is 69.0 Å². The van der Waals surface area contributed by atoms with Crippen molar-refractivity contribution < 1.29 is 30.6 Å². The van der Waals surface area contributed by atoms with Gasteiger partial charge in [0.15, 0.2) is 0 Å². The summed E-state index contributed by atoms with van der Waals surface area (Å²) in [7, 11) is 0. The van der Waals surface area contributed by atoms with Crippen LogP contribution in [0.5, 0.6) is 11.5 Å². The molecule has 12 heteroatoms. The van der Waals surface area contributed by atoms with Gasteiger partial charge in [-0.15, -0.1) is 11.3 Å². The molecule has 0 unspecified atom stereocenters. The summed E-state index contributed by atoms with van der Waals surface area (Å²) in [4.78, 5) is 5.11. The van der Waals surface area contributed by atoms with Gasteiger partial charge in [-0.05, 0) is 74.3 Å². The van der Waals surface area contributed by atoms with Crippen molar-refractivity contribution >= 4 is 34.0 Å². The van der Waals surface area contributed by atoms with Crippen molar-refractivity contribution in [2.24, 2.45) is 0 Å². The number of aliphatic hydroxyl groups excluding tert-OH is 4. The van der Waals surface area contributed by atoms with Crippen molar-refractivity contribution in [2.75, 3.05) is 64.1 Å². The molecule has 10 nitrogen and oxygen atoms in total. The Bertz CT molecular complexity index is 1260. The quantitative estimate of drug-likeness (QED) is 0.0775. The summed E-state index contributed by atoms with van der Waals surface area (Å²) in [6.07, 6.45) is 0. The highest BCUT2D eigenvalue weighted by Crippen LogP contribution is 2.34. The maximum atomic E-state index is 9.74. The number of thiophene rings is 2. The monoisotopic (exact) mass is 616 g/mol. The highest BCUT2D eigenvalue weighted by atomic mass is 32.1. The summed E-state index contributed by atoms with van der Waals surface area (Å²) in [6, 6.07) is 12.4. The van der Waals surface area contributed by atoms with E-state index in [1.165, 1.54) is 0 Å². The molecule has 10 N–H and O–H groups in total. The third-order valence-electron chi connectivity index (χ3n) is 6.60. The molecule has 4 rings (SSSR count). The van der Waals surface area contributed by atoms with Crippen LogP contribution < -0.4 is 11.5 Å². The largest absolute Gasteiger partial charge is 0.506 e. The first-order chi connectivity index (χ1) is 20.3. The van der Waals surface area contributed by atoms with Crippen LogP contribution in [0.1, 0.15) is 10.4 Å². The van der Waals surface area contributed by atoms with Crippen LogP contribution in [0.4, 0.5) is 11.4 Å². The predicted molar refractivity (Wildman–Crippen MR) is 171 cm³/mol. The Balaban J connectivity index is 0.000000230. The first kappa shape index (κ1) is 33.3. The zero-order chi connectivity index (χ0) is 30.5. The van der Waals surface area contributed by atoms with Crippen LogP contribution in [-0.2, 0) is 13.1 Å². The summed E-state index contributed by atoms with van der Waals surface area (Å²) < 4.78 is 0. The summed E-state index contributed by atoms with van der Waals surface area (Å²) in [5.74, 6) is 0.152. The van der Waals surface area contributed by atoms with E-state index < -0.39 is 0 Å². The van der Waals surface area contributed by atoms with Gasteiger partial charge in [-0.2, -0.15) is 11.3 Å². The second-order valence-electron chi connectivity index (χ2n) is 9.56. The van der Waals surface area contributed by atoms with Crippen molar-refractivity contribution in [1.82, 2.24) is 9.80 Å². The SMILES string of the molecule is Nc1ccc(-c2ccsc2CN(CCO)CCO)cc1O.Nc1ccc(-c2cscc2CN(CCO)CCO)cc1O. The van der Waals surface area contributed by atoms with Crippen LogP contribution in [0, 0.1) is 0 Å². The minimum Gasteiger partial charge on any atom is -0.506 e. The van der Waals surface area contributed by atoms with Gasteiger partial charge in [0.05, 0.1) is 37.8 Å². The van der Waals surface area contributed by atoms with E-state index in [9.17, 15) is 10.2 Å². The number of nitrogens with zero attached hydrogens (tertiary/aromatic N) is 2. The fourth-order valence-electron chi connectivity index (χ4n) is 4.39. The van der Waals surface area contributed by atoms with Gasteiger partial charge in [0, 0.05) is 44.1 Å². The van der Waals surface area contributed by atoms with E-state index in [2.05, 4.69) is 0 Å². The average molecular weight is 617 g/mol. The Kier molecular flexibility index (Phi) is 13.5. The molecule has 2 heterocycles. The standard InChI is InChI=1S/2C15H20N2O3S/c16-13-2-1-11(9-14(13)20)12-3-8-21-15(12)10-17(4-6-18)5-7-19;16-14-2-1-11(7-15(14)20)13-10-21-9-12(13)8-17(3-5-18)4-6-19/h1-3,8-9,18-20H,4-7,10,16H2;1-2,7,9-10,18-20H,3-6,8,16H2. The van der Waals surface area contributed by atoms with E-state index in [1.807, 2.05) is 44.1 Å². The van der Waals surface area contributed by atoms with Crippen molar-refractivity contribution in [3.8, 4) is 33.8 Å². The number of nitrogens with two attached hydrogens (primary N) is 2. The number of phenolic OH excluding ortho intramolecular Hbond substituents is 2. The normalized spacial score (nSPS) is 11.2. The summed E-state index contributed by atoms with van der Waals surface area (Å²) in [5, 5.41) is 61.9. The van der Waals surface area contributed by atoms with Gasteiger partial charge in [0.2, 0.25) is 0 Å². The maximum Gasteiger partial charge on any atom is 0.139 e. The van der Waals surface area contributed by atoms with Crippen LogP contribution in [0.15, 0.2) is 58.6 Å². The van der Waals surface area contributed by atoms with Gasteiger partial charge in [0.25, 0.3) is 0 Å². The smallest absolute Gasteiger partial charge is 0.139 e. The first-order valence-electron chi connectivity index (χ1n) is 13.5. The maximum absolute atomic E-state index is 9.74. The topological polar surface area (TPSA) is 180 Å². The minimum absolute atomic E-state index is 0.0577. The average Bonchev–Trinajstić information content (AvgIpc) is 3.62. The predicted octanol–water partition coefficient (Wildman–Crippen LogP) is 2.98. The fraction of sp³-hybridized carbons (Fsp3) is 0.333. The molecule has 0 aliphatic carbocycles. The Morgan fingerprint density at radius 3 is 1.62 bits per heavy atom. The summed E-state index contributed by atoms with van der Waals surface area (Å²) in [5.41, 5.74) is 17.0. The second kappa shape index (κ2) is 17.0. The van der Waals surface area contributed by atoms with E-state index in [0.29, 0.717) is 50.6 Å². The number of aliphatic hydroxyl groups is 4. The van der Waals surface area contributed by atoms with Crippen LogP contribution in [0.25, 0.3) is 22.3 Å². The number of rotatable bonds is 14. The Labute approximate surface area is 254 Å². The molecule has 0 fully saturated rings. The third-order valence-corrected chi connectivity index (χ3v) is 8.29. The molecule has 4 aromatic rings. The zero-order valence-electron chi connectivity index (χ0n) is 23.4. The van der Waals surface area contributed by atoms with E-state index in [0.717, 1.165) is 32.7 Å². The third kappa shape index (κ3) is 9.41. The van der Waals surface area contributed by atoms with Crippen LogP contribution in [0.2, 0.25) is 0 Å². The first-order valence-corrected chi connectivity index (χ1v) is 15.3. The molecular formula is C30H40N4O6S2. The lowest BCUT2D eigenvalue weighted by Gasteiger charge is -2.20. The molecule has 0 aliphatic rings. The number of phenols is 2. The summed E-state index contributed by atoms with van der Waals surface area (Å²) >= 11 is 3.20. The van der Waals surface area contributed by atoms with E-state index in [-0.39, 0.29) is 37.9 Å². The Morgan fingerprint density at radius 1 is 0.619 bits per heavy atom. The molecule has 2 aromatic carbocycles. The Hall–Kier alpha value is -3.20. The van der Waals surface area contributed by atoms with Crippen molar-refractivity contribution in [3.63, 3.8) is 0 Å². The fourth-order valence-corrected chi connectivity index (χ4v) is 6.19. The van der Waals surface area contributed by atoms with Gasteiger partial charge in [0.1, 0.15) is 11.5 Å². The molecule has 0 amide bonds. The molecule has 0 spiro atoms. The number of hydrogen-bond acceptors (Lipinski definition) is 12. The van der Waals surface area contributed by atoms with Gasteiger partial charge in [-0.1, -0.05) is 12.1 Å². The number of benzene rings is 2. The number of anilines is 2. The van der Waals surface area contributed by atoms with E-state index >= 15 is 0 Å². The van der Waals surface area contributed by atoms with E-state index in [4.69, 9.17) is 31.9 Å². The second-order valence-corrected chi connectivity index (χ2v) is 11.3. The number of aromatic hydroxyl groups is 2. The molecule has 2 aromatic heterocycles. The lowest BCUT2D eigenvalue weighted by Crippen LogP contribution is -2.29. The van der Waals surface area contributed by atoms with Gasteiger partial charge < -0.3 is 42.1 Å². The molecule has 0 saturated carbocycles. The molecular weight excluding hydrogens is 576 g/mol. The lowest BCUT2D eigenvalue weighted by atomic mass is 10.0. The minimum atomic E-state index is 0.0577. The van der Waals surface area contributed by atoms with E-state index in [1.54, 1.807) is 46.9 Å². The van der Waals surface area contributed by atoms with Crippen molar-refractivity contribution in [1.29, 1.82) is 0 Å². The van der Waals surface area contributed by atoms with Crippen molar-refractivity contribution in [2.45, 2.75) is 13.1 Å². The summed E-state index contributed by atoms with van der Waals surface area (Å²) in [6.45, 7) is 3.60. The zero-order valence-corrected chi connectivity index (χ0v) is 25.0. The highest BCUT2D eigenvalue weighted by Gasteiger charge is 2.14. The van der Waals surface area contributed by atoms with Gasteiger partial charge in [-0.25, -0.2) is 0 Å². The van der Waals surface area contributed by atoms with Gasteiger partial charge >= 0.3 is 0 Å². The lowest BCUT2D eigenvalue weighted by molar-refractivity contribution is 0.156. The van der Waals surface area contributed by atoms with Crippen LogP contribution in [-0.4, -0.2) is 93.0 Å². The molecule has 0 radical (unpaired) electrons. The van der Waals surface area contributed by atoms with Gasteiger partial charge in [-0.3, -0.25) is 9.80 Å². The van der Waals surface area contributed by atoms with Crippen LogP contribution in [0.3, 0.4) is 0 Å². The highest BCUT2D eigenvalue weighted by molar-refractivity contribution is 7.10. The number of nitrogen functional groups attached to an aromatic ring is 2. The molecule has 228 valence electrons.